The van der Waals surface area contributed by atoms with Gasteiger partial charge in [-0.25, -0.2) is 4.39 Å². The minimum Gasteiger partial charge on any atom is -0.323 e. The Morgan fingerprint density at radius 2 is 2.08 bits per heavy atom. The van der Waals surface area contributed by atoms with E-state index in [0.29, 0.717) is 18.7 Å². The molecule has 1 unspecified atom stereocenters. The van der Waals surface area contributed by atoms with E-state index in [1.807, 2.05) is 43.3 Å². The minimum atomic E-state index is -0.287. The first-order chi connectivity index (χ1) is 11.6. The van der Waals surface area contributed by atoms with Gasteiger partial charge in [-0.1, -0.05) is 31.2 Å². The fraction of sp³-hybridized carbons (Fsp3) is 0.316. The first-order valence-electron chi connectivity index (χ1n) is 8.15. The summed E-state index contributed by atoms with van der Waals surface area (Å²) in [7, 11) is 0. The molecule has 2 aromatic rings. The second-order valence-corrected chi connectivity index (χ2v) is 7.10. The van der Waals surface area contributed by atoms with Crippen molar-refractivity contribution in [2.24, 2.45) is 5.92 Å². The molecule has 126 valence electrons. The van der Waals surface area contributed by atoms with Crippen molar-refractivity contribution < 1.29 is 9.18 Å². The van der Waals surface area contributed by atoms with E-state index in [0.717, 1.165) is 22.6 Å². The molecule has 0 saturated heterocycles. The number of carbonyl (C=O) groups excluding carboxylic acids is 1. The molecule has 0 aromatic heterocycles. The van der Waals surface area contributed by atoms with E-state index in [1.54, 1.807) is 17.8 Å². The predicted molar refractivity (Wildman–Crippen MR) is 96.8 cm³/mol. The van der Waals surface area contributed by atoms with Crippen molar-refractivity contribution in [3.63, 3.8) is 0 Å². The highest BCUT2D eigenvalue weighted by Gasteiger charge is 2.19. The van der Waals surface area contributed by atoms with E-state index in [9.17, 15) is 9.18 Å². The van der Waals surface area contributed by atoms with Crippen LogP contribution in [0.2, 0.25) is 0 Å². The number of rotatable bonds is 5. The van der Waals surface area contributed by atoms with Gasteiger partial charge in [-0.05, 0) is 42.3 Å². The molecule has 0 spiro atoms. The monoisotopic (exact) mass is 344 g/mol. The Labute approximate surface area is 146 Å². The maximum Gasteiger partial charge on any atom is 0.228 e. The highest BCUT2D eigenvalue weighted by atomic mass is 32.2. The Balaban J connectivity index is 1.62. The maximum absolute atomic E-state index is 14.6. The Morgan fingerprint density at radius 3 is 2.88 bits per heavy atom. The zero-order chi connectivity index (χ0) is 16.9. The van der Waals surface area contributed by atoms with E-state index < -0.39 is 0 Å². The summed E-state index contributed by atoms with van der Waals surface area (Å²) >= 11 is 1.63. The maximum atomic E-state index is 14.6. The molecule has 3 nitrogen and oxygen atoms in total. The standard InChI is InChI=1S/C19H21FN2OS/c1-13(12-24-15-5-3-2-4-6-15)19(23)22-17-8-7-14-11-21-10-9-16(14)18(17)20/h2-8,13,21H,9-12H2,1H3,(H,22,23). The third-order valence-corrected chi connectivity index (χ3v) is 5.43. The summed E-state index contributed by atoms with van der Waals surface area (Å²) in [5.74, 6) is 0.0237. The number of halogens is 1. The third kappa shape index (κ3) is 3.97. The molecular weight excluding hydrogens is 323 g/mol. The number of anilines is 1. The average molecular weight is 344 g/mol. The van der Waals surface area contributed by atoms with Gasteiger partial charge in [0.1, 0.15) is 5.82 Å². The largest absolute Gasteiger partial charge is 0.323 e. The van der Waals surface area contributed by atoms with Gasteiger partial charge in [0.15, 0.2) is 0 Å². The van der Waals surface area contributed by atoms with Gasteiger partial charge in [-0.2, -0.15) is 0 Å². The van der Waals surface area contributed by atoms with Crippen LogP contribution in [-0.2, 0) is 17.8 Å². The van der Waals surface area contributed by atoms with Crippen LogP contribution < -0.4 is 10.6 Å². The normalized spacial score (nSPS) is 14.8. The predicted octanol–water partition coefficient (Wildman–Crippen LogP) is 3.84. The van der Waals surface area contributed by atoms with E-state index >= 15 is 0 Å². The molecule has 3 rings (SSSR count). The molecule has 1 atom stereocenters. The van der Waals surface area contributed by atoms with E-state index in [1.165, 1.54) is 0 Å². The number of carbonyl (C=O) groups is 1. The fourth-order valence-electron chi connectivity index (χ4n) is 2.70. The van der Waals surface area contributed by atoms with Gasteiger partial charge in [0.05, 0.1) is 5.69 Å². The smallest absolute Gasteiger partial charge is 0.228 e. The molecule has 1 aliphatic heterocycles. The lowest BCUT2D eigenvalue weighted by atomic mass is 9.99. The van der Waals surface area contributed by atoms with Crippen LogP contribution in [0, 0.1) is 11.7 Å². The number of fused-ring (bicyclic) bond motifs is 1. The summed E-state index contributed by atoms with van der Waals surface area (Å²) in [5.41, 5.74) is 1.99. The zero-order valence-electron chi connectivity index (χ0n) is 13.6. The number of nitrogens with one attached hydrogen (secondary N) is 2. The lowest BCUT2D eigenvalue weighted by molar-refractivity contribution is -0.118. The van der Waals surface area contributed by atoms with Gasteiger partial charge >= 0.3 is 0 Å². The lowest BCUT2D eigenvalue weighted by Crippen LogP contribution is -2.26. The molecule has 2 aromatic carbocycles. The average Bonchev–Trinajstić information content (AvgIpc) is 2.63. The summed E-state index contributed by atoms with van der Waals surface area (Å²) in [4.78, 5) is 13.5. The molecule has 24 heavy (non-hydrogen) atoms. The van der Waals surface area contributed by atoms with E-state index in [-0.39, 0.29) is 23.3 Å². The van der Waals surface area contributed by atoms with Crippen molar-refractivity contribution in [3.05, 3.63) is 59.4 Å². The van der Waals surface area contributed by atoms with Crippen LogP contribution in [0.15, 0.2) is 47.4 Å². The van der Waals surface area contributed by atoms with Gasteiger partial charge < -0.3 is 10.6 Å². The Bertz CT molecular complexity index is 721. The molecule has 0 bridgehead atoms. The van der Waals surface area contributed by atoms with Gasteiger partial charge in [0.25, 0.3) is 0 Å². The van der Waals surface area contributed by atoms with Crippen molar-refractivity contribution >= 4 is 23.4 Å². The van der Waals surface area contributed by atoms with Crippen LogP contribution in [0.25, 0.3) is 0 Å². The number of thioether (sulfide) groups is 1. The molecular formula is C19H21FN2OS. The molecule has 0 aliphatic carbocycles. The van der Waals surface area contributed by atoms with E-state index in [4.69, 9.17) is 0 Å². The molecule has 0 saturated carbocycles. The summed E-state index contributed by atoms with van der Waals surface area (Å²) in [5, 5.41) is 5.97. The minimum absolute atomic E-state index is 0.147. The van der Waals surface area contributed by atoms with Gasteiger partial charge in [-0.3, -0.25) is 4.79 Å². The lowest BCUT2D eigenvalue weighted by Gasteiger charge is -2.20. The summed E-state index contributed by atoms with van der Waals surface area (Å²) < 4.78 is 14.6. The number of hydrogen-bond acceptors (Lipinski definition) is 3. The van der Waals surface area contributed by atoms with Crippen molar-refractivity contribution in [2.75, 3.05) is 17.6 Å². The molecule has 1 heterocycles. The van der Waals surface area contributed by atoms with E-state index in [2.05, 4.69) is 10.6 Å². The molecule has 1 amide bonds. The van der Waals surface area contributed by atoms with Crippen LogP contribution >= 0.6 is 11.8 Å². The van der Waals surface area contributed by atoms with Crippen molar-refractivity contribution in [1.29, 1.82) is 0 Å². The summed E-state index contributed by atoms with van der Waals surface area (Å²) in [6, 6.07) is 13.5. The van der Waals surface area contributed by atoms with Gasteiger partial charge in [0.2, 0.25) is 5.91 Å². The van der Waals surface area contributed by atoms with Crippen LogP contribution in [0.3, 0.4) is 0 Å². The number of benzene rings is 2. The zero-order valence-corrected chi connectivity index (χ0v) is 14.5. The molecule has 1 aliphatic rings. The summed E-state index contributed by atoms with van der Waals surface area (Å²) in [6.45, 7) is 3.32. The Kier molecular flexibility index (Phi) is 5.53. The molecule has 2 N–H and O–H groups in total. The first-order valence-corrected chi connectivity index (χ1v) is 9.13. The van der Waals surface area contributed by atoms with Crippen molar-refractivity contribution in [2.45, 2.75) is 24.8 Å². The van der Waals surface area contributed by atoms with Gasteiger partial charge in [-0.15, -0.1) is 11.8 Å². The summed E-state index contributed by atoms with van der Waals surface area (Å²) in [6.07, 6.45) is 0.657. The Hall–Kier alpha value is -1.85. The highest BCUT2D eigenvalue weighted by Crippen LogP contribution is 2.26. The van der Waals surface area contributed by atoms with Crippen molar-refractivity contribution in [3.8, 4) is 0 Å². The third-order valence-electron chi connectivity index (χ3n) is 4.16. The van der Waals surface area contributed by atoms with Crippen LogP contribution in [0.1, 0.15) is 18.1 Å². The second-order valence-electron chi connectivity index (χ2n) is 6.01. The molecule has 0 radical (unpaired) electrons. The highest BCUT2D eigenvalue weighted by molar-refractivity contribution is 7.99. The SMILES string of the molecule is CC(CSc1ccccc1)C(=O)Nc1ccc2c(c1F)CCNC2. The van der Waals surface area contributed by atoms with Crippen LogP contribution in [0.5, 0.6) is 0 Å². The van der Waals surface area contributed by atoms with Crippen LogP contribution in [0.4, 0.5) is 10.1 Å². The topological polar surface area (TPSA) is 41.1 Å². The van der Waals surface area contributed by atoms with Crippen LogP contribution in [-0.4, -0.2) is 18.2 Å². The van der Waals surface area contributed by atoms with Crippen molar-refractivity contribution in [1.82, 2.24) is 5.32 Å². The number of amides is 1. The molecule has 5 heteroatoms. The first kappa shape index (κ1) is 17.0. The quantitative estimate of drug-likeness (QED) is 0.810. The fourth-order valence-corrected chi connectivity index (χ4v) is 3.64. The Morgan fingerprint density at radius 1 is 1.29 bits per heavy atom. The second kappa shape index (κ2) is 7.81. The van der Waals surface area contributed by atoms with Gasteiger partial charge in [0, 0.05) is 23.1 Å². The number of hydrogen-bond donors (Lipinski definition) is 2. The molecule has 0 fully saturated rings.